The number of thiophene rings is 1. The lowest BCUT2D eigenvalue weighted by Crippen LogP contribution is -2.26. The van der Waals surface area contributed by atoms with Crippen molar-refractivity contribution >= 4 is 34.8 Å². The highest BCUT2D eigenvalue weighted by molar-refractivity contribution is 8.00. The molecule has 154 valence electrons. The zero-order valence-electron chi connectivity index (χ0n) is 16.6. The Morgan fingerprint density at radius 2 is 2.31 bits per heavy atom. The molecule has 4 rings (SSSR count). The van der Waals surface area contributed by atoms with Gasteiger partial charge in [-0.25, -0.2) is 0 Å². The van der Waals surface area contributed by atoms with E-state index in [1.165, 1.54) is 16.6 Å². The van der Waals surface area contributed by atoms with E-state index in [9.17, 15) is 4.79 Å². The Balaban J connectivity index is 1.52. The highest BCUT2D eigenvalue weighted by Crippen LogP contribution is 2.40. The minimum Gasteiger partial charge on any atom is -0.360 e. The van der Waals surface area contributed by atoms with E-state index in [1.54, 1.807) is 24.3 Å². The molecule has 1 atom stereocenters. The van der Waals surface area contributed by atoms with Crippen molar-refractivity contribution in [3.05, 3.63) is 40.0 Å². The molecule has 3 heterocycles. The summed E-state index contributed by atoms with van der Waals surface area (Å²) < 4.78 is 7.31. The summed E-state index contributed by atoms with van der Waals surface area (Å²) >= 11 is 3.25. The van der Waals surface area contributed by atoms with Crippen LogP contribution < -0.4 is 5.32 Å². The molecule has 1 aliphatic carbocycles. The van der Waals surface area contributed by atoms with Crippen LogP contribution in [0.3, 0.4) is 0 Å². The third-order valence-electron chi connectivity index (χ3n) is 4.80. The van der Waals surface area contributed by atoms with Gasteiger partial charge in [-0.05, 0) is 37.6 Å². The fourth-order valence-corrected chi connectivity index (χ4v) is 5.03. The second kappa shape index (κ2) is 9.13. The number of nitrogens with one attached hydrogen (secondary N) is 1. The molecular weight excluding hydrogens is 406 g/mol. The van der Waals surface area contributed by atoms with Gasteiger partial charge in [0, 0.05) is 23.4 Å². The number of unbranched alkanes of at least 4 members (excludes halogenated alkanes) is 1. The van der Waals surface area contributed by atoms with E-state index >= 15 is 0 Å². The van der Waals surface area contributed by atoms with Crippen molar-refractivity contribution in [2.24, 2.45) is 0 Å². The van der Waals surface area contributed by atoms with Crippen LogP contribution in [0.1, 0.15) is 61.5 Å². The Morgan fingerprint density at radius 3 is 2.97 bits per heavy atom. The van der Waals surface area contributed by atoms with E-state index in [-0.39, 0.29) is 11.2 Å². The first-order valence-electron chi connectivity index (χ1n) is 10.0. The van der Waals surface area contributed by atoms with Crippen molar-refractivity contribution in [1.29, 1.82) is 0 Å². The van der Waals surface area contributed by atoms with Gasteiger partial charge in [0.05, 0.1) is 5.25 Å². The maximum absolute atomic E-state index is 12.9. The van der Waals surface area contributed by atoms with Crippen molar-refractivity contribution in [2.75, 3.05) is 5.32 Å². The molecule has 0 aromatic carbocycles. The topological polar surface area (TPSA) is 85.8 Å². The number of anilines is 1. The molecular formula is C20H25N5O2S2. The van der Waals surface area contributed by atoms with Gasteiger partial charge in [0.1, 0.15) is 11.6 Å². The summed E-state index contributed by atoms with van der Waals surface area (Å²) in [4.78, 5) is 14.2. The van der Waals surface area contributed by atoms with Crippen LogP contribution in [0.4, 0.5) is 5.82 Å². The molecule has 0 aliphatic heterocycles. The van der Waals surface area contributed by atoms with Crippen molar-refractivity contribution in [3.8, 4) is 0 Å². The van der Waals surface area contributed by atoms with Crippen molar-refractivity contribution in [1.82, 2.24) is 19.9 Å². The van der Waals surface area contributed by atoms with Crippen molar-refractivity contribution < 1.29 is 9.32 Å². The second-order valence-corrected chi connectivity index (χ2v) is 9.52. The van der Waals surface area contributed by atoms with Crippen LogP contribution in [0.2, 0.25) is 0 Å². The number of nitrogens with zero attached hydrogens (tertiary/aromatic N) is 4. The molecule has 29 heavy (non-hydrogen) atoms. The number of rotatable bonds is 10. The van der Waals surface area contributed by atoms with Gasteiger partial charge in [0.15, 0.2) is 11.0 Å². The van der Waals surface area contributed by atoms with Gasteiger partial charge in [0.2, 0.25) is 5.91 Å². The molecule has 9 heteroatoms. The number of carbonyl (C=O) groups excluding carboxylic acids is 1. The molecule has 0 spiro atoms. The van der Waals surface area contributed by atoms with E-state index in [0.29, 0.717) is 17.6 Å². The summed E-state index contributed by atoms with van der Waals surface area (Å²) in [5.74, 6) is 2.04. The zero-order valence-corrected chi connectivity index (χ0v) is 18.3. The third kappa shape index (κ3) is 5.08. The molecule has 1 N–H and O–H groups in total. The summed E-state index contributed by atoms with van der Waals surface area (Å²) in [6, 6.07) is 6.37. The largest absolute Gasteiger partial charge is 0.360 e. The SMILES string of the molecule is CCCCC(Sc1nnc(Cc2cccs2)n1C1CC1)C(=O)Nc1cc(C)on1. The summed E-state index contributed by atoms with van der Waals surface area (Å²) in [6.07, 6.45) is 5.86. The van der Waals surface area contributed by atoms with Crippen LogP contribution in [0.15, 0.2) is 33.3 Å². The van der Waals surface area contributed by atoms with Crippen LogP contribution in [-0.4, -0.2) is 31.1 Å². The first-order chi connectivity index (χ1) is 14.1. The first kappa shape index (κ1) is 20.2. The zero-order chi connectivity index (χ0) is 20.2. The Bertz CT molecular complexity index is 946. The molecule has 0 saturated heterocycles. The fourth-order valence-electron chi connectivity index (χ4n) is 3.17. The Hall–Kier alpha value is -2.13. The quantitative estimate of drug-likeness (QED) is 0.462. The van der Waals surface area contributed by atoms with Crippen LogP contribution >= 0.6 is 23.1 Å². The Morgan fingerprint density at radius 1 is 1.45 bits per heavy atom. The fraction of sp³-hybridized carbons (Fsp3) is 0.500. The lowest BCUT2D eigenvalue weighted by molar-refractivity contribution is -0.115. The molecule has 0 radical (unpaired) electrons. The molecule has 1 unspecified atom stereocenters. The molecule has 3 aromatic rings. The molecule has 1 aliphatic rings. The highest BCUT2D eigenvalue weighted by Gasteiger charge is 2.32. The summed E-state index contributed by atoms with van der Waals surface area (Å²) in [7, 11) is 0. The van der Waals surface area contributed by atoms with E-state index in [4.69, 9.17) is 4.52 Å². The molecule has 1 amide bonds. The van der Waals surface area contributed by atoms with Crippen LogP contribution in [0.25, 0.3) is 0 Å². The standard InChI is InChI=1S/C20H25N5O2S2/c1-3-4-7-16(19(26)21-17-11-13(2)27-24-17)29-20-23-22-18(25(20)14-8-9-14)12-15-6-5-10-28-15/h5-6,10-11,14,16H,3-4,7-9,12H2,1-2H3,(H,21,24,26). The Labute approximate surface area is 178 Å². The van der Waals surface area contributed by atoms with Gasteiger partial charge < -0.3 is 14.4 Å². The van der Waals surface area contributed by atoms with E-state index < -0.39 is 0 Å². The van der Waals surface area contributed by atoms with Crippen LogP contribution in [0, 0.1) is 6.92 Å². The summed E-state index contributed by atoms with van der Waals surface area (Å²) in [6.45, 7) is 3.94. The summed E-state index contributed by atoms with van der Waals surface area (Å²) in [5, 5.41) is 18.4. The van der Waals surface area contributed by atoms with Gasteiger partial charge in [-0.2, -0.15) is 0 Å². The molecule has 7 nitrogen and oxygen atoms in total. The number of hydrogen-bond donors (Lipinski definition) is 1. The van der Waals surface area contributed by atoms with Crippen LogP contribution in [0.5, 0.6) is 0 Å². The van der Waals surface area contributed by atoms with Gasteiger partial charge in [-0.15, -0.1) is 21.5 Å². The van der Waals surface area contributed by atoms with E-state index in [2.05, 4.69) is 49.7 Å². The smallest absolute Gasteiger partial charge is 0.239 e. The monoisotopic (exact) mass is 431 g/mol. The number of thioether (sulfide) groups is 1. The lowest BCUT2D eigenvalue weighted by atomic mass is 10.2. The van der Waals surface area contributed by atoms with Gasteiger partial charge in [-0.1, -0.05) is 42.8 Å². The number of amides is 1. The highest BCUT2D eigenvalue weighted by atomic mass is 32.2. The number of aryl methyl sites for hydroxylation is 1. The predicted octanol–water partition coefficient (Wildman–Crippen LogP) is 4.85. The molecule has 0 bridgehead atoms. The average molecular weight is 432 g/mol. The van der Waals surface area contributed by atoms with Gasteiger partial charge >= 0.3 is 0 Å². The minimum atomic E-state index is -0.247. The number of hydrogen-bond acceptors (Lipinski definition) is 7. The molecule has 3 aromatic heterocycles. The molecule has 1 saturated carbocycles. The number of aromatic nitrogens is 4. The van der Waals surface area contributed by atoms with Gasteiger partial charge in [-0.3, -0.25) is 4.79 Å². The van der Waals surface area contributed by atoms with Crippen LogP contribution in [-0.2, 0) is 11.2 Å². The number of carbonyl (C=O) groups is 1. The van der Waals surface area contributed by atoms with Crippen molar-refractivity contribution in [3.63, 3.8) is 0 Å². The van der Waals surface area contributed by atoms with Crippen molar-refractivity contribution in [2.45, 2.75) is 68.8 Å². The lowest BCUT2D eigenvalue weighted by Gasteiger charge is -2.16. The molecule has 1 fully saturated rings. The second-order valence-electron chi connectivity index (χ2n) is 7.32. The van der Waals surface area contributed by atoms with Gasteiger partial charge in [0.25, 0.3) is 0 Å². The average Bonchev–Trinajstić information content (AvgIpc) is 3.07. The Kier molecular flexibility index (Phi) is 6.34. The third-order valence-corrected chi connectivity index (χ3v) is 6.90. The summed E-state index contributed by atoms with van der Waals surface area (Å²) in [5.41, 5.74) is 0. The minimum absolute atomic E-state index is 0.0677. The maximum Gasteiger partial charge on any atom is 0.239 e. The first-order valence-corrected chi connectivity index (χ1v) is 11.8. The van der Waals surface area contributed by atoms with E-state index in [0.717, 1.165) is 49.5 Å². The predicted molar refractivity (Wildman–Crippen MR) is 114 cm³/mol. The van der Waals surface area contributed by atoms with E-state index in [1.807, 2.05) is 0 Å². The normalized spacial score (nSPS) is 14.8. The maximum atomic E-state index is 12.9.